The van der Waals surface area contributed by atoms with Gasteiger partial charge in [0.1, 0.15) is 0 Å². The van der Waals surface area contributed by atoms with Crippen molar-refractivity contribution < 1.29 is 0 Å². The van der Waals surface area contributed by atoms with Crippen molar-refractivity contribution in [2.24, 2.45) is 5.41 Å². The Hall–Kier alpha value is -0.0400. The second kappa shape index (κ2) is 4.27. The summed E-state index contributed by atoms with van der Waals surface area (Å²) in [7, 11) is 0. The molecule has 69 valence electrons. The minimum atomic E-state index is 0. The molecular formula is C11H20N. The Labute approximate surface area is 76.5 Å². The fraction of sp³-hybridized carbons (Fsp3) is 1.00. The van der Waals surface area contributed by atoms with E-state index in [4.69, 9.17) is 0 Å². The van der Waals surface area contributed by atoms with Gasteiger partial charge in [-0.3, -0.25) is 0 Å². The van der Waals surface area contributed by atoms with Crippen molar-refractivity contribution in [3.63, 3.8) is 0 Å². The molecule has 0 aromatic rings. The average molecular weight is 166 g/mol. The van der Waals surface area contributed by atoms with Gasteiger partial charge in [0.25, 0.3) is 0 Å². The molecule has 0 aromatic carbocycles. The second-order valence-corrected chi connectivity index (χ2v) is 4.62. The number of nitrogens with zero attached hydrogens (tertiary/aromatic N) is 1. The molecule has 0 saturated heterocycles. The van der Waals surface area contributed by atoms with Crippen LogP contribution >= 0.6 is 0 Å². The van der Waals surface area contributed by atoms with Crippen molar-refractivity contribution in [3.8, 4) is 0 Å². The smallest absolute Gasteiger partial charge is 0 e. The maximum atomic E-state index is 1.56. The highest BCUT2D eigenvalue weighted by Crippen LogP contribution is 2.47. The van der Waals surface area contributed by atoms with Crippen molar-refractivity contribution in [1.29, 1.82) is 0 Å². The second-order valence-electron chi connectivity index (χ2n) is 4.62. The molecule has 3 radical (unpaired) electrons. The van der Waals surface area contributed by atoms with Crippen LogP contribution in [0, 0.1) is 5.41 Å². The molecule has 0 atom stereocenters. The van der Waals surface area contributed by atoms with Gasteiger partial charge in [0, 0.05) is 6.15 Å². The van der Waals surface area contributed by atoms with E-state index in [1.165, 1.54) is 38.5 Å². The molecule has 0 aliphatic heterocycles. The van der Waals surface area contributed by atoms with Gasteiger partial charge in [0.15, 0.2) is 0 Å². The van der Waals surface area contributed by atoms with Gasteiger partial charge < -0.3 is 0 Å². The van der Waals surface area contributed by atoms with Gasteiger partial charge in [-0.05, 0) is 31.1 Å². The quantitative estimate of drug-likeness (QED) is 0.528. The molecule has 0 unspecified atom stereocenters. The van der Waals surface area contributed by atoms with Crippen molar-refractivity contribution in [2.75, 3.05) is 0 Å². The van der Waals surface area contributed by atoms with Gasteiger partial charge in [-0.15, -0.1) is 0 Å². The molecule has 0 bridgehead atoms. The molecule has 12 heavy (non-hydrogen) atoms. The summed E-state index contributed by atoms with van der Waals surface area (Å²) in [5, 5.41) is 0. The zero-order valence-corrected chi connectivity index (χ0v) is 8.02. The molecule has 2 rings (SSSR count). The van der Waals surface area contributed by atoms with Crippen LogP contribution < -0.4 is 6.15 Å². The van der Waals surface area contributed by atoms with Crippen LogP contribution in [0.2, 0.25) is 0 Å². The number of hydrogen-bond donors (Lipinski definition) is 0. The Bertz CT molecular complexity index is 99.5. The van der Waals surface area contributed by atoms with E-state index < -0.39 is 0 Å². The summed E-state index contributed by atoms with van der Waals surface area (Å²) in [5.41, 5.74) is 0.858. The molecule has 2 saturated carbocycles. The first-order valence-corrected chi connectivity index (χ1v) is 5.41. The van der Waals surface area contributed by atoms with Crippen LogP contribution in [0.3, 0.4) is 0 Å². The van der Waals surface area contributed by atoms with E-state index in [0.29, 0.717) is 0 Å². The largest absolute Gasteiger partial charge is 0.0533 e. The summed E-state index contributed by atoms with van der Waals surface area (Å²) in [6.45, 7) is 0. The molecule has 1 nitrogen and oxygen atoms in total. The van der Waals surface area contributed by atoms with Gasteiger partial charge in [-0.1, -0.05) is 38.5 Å². The Morgan fingerprint density at radius 1 is 0.500 bits per heavy atom. The van der Waals surface area contributed by atoms with E-state index in [-0.39, 0.29) is 6.15 Å². The zero-order chi connectivity index (χ0) is 7.57. The summed E-state index contributed by atoms with van der Waals surface area (Å²) in [5.74, 6) is 0. The molecule has 0 heterocycles. The Balaban J connectivity index is 0.000000720. The van der Waals surface area contributed by atoms with Gasteiger partial charge in [0.2, 0.25) is 0 Å². The first kappa shape index (κ1) is 10.0. The monoisotopic (exact) mass is 166 g/mol. The van der Waals surface area contributed by atoms with Gasteiger partial charge in [0.05, 0.1) is 0 Å². The summed E-state index contributed by atoms with van der Waals surface area (Å²) in [6.07, 6.45) is 15.4. The summed E-state index contributed by atoms with van der Waals surface area (Å²) in [6, 6.07) is 0. The summed E-state index contributed by atoms with van der Waals surface area (Å²) < 4.78 is 0. The van der Waals surface area contributed by atoms with Crippen LogP contribution in [0.5, 0.6) is 0 Å². The highest BCUT2D eigenvalue weighted by atomic mass is 14.4. The lowest BCUT2D eigenvalue weighted by Gasteiger charge is -2.40. The predicted octanol–water partition coefficient (Wildman–Crippen LogP) is 3.42. The minimum absolute atomic E-state index is 0. The average Bonchev–Trinajstić information content (AvgIpc) is 2.07. The predicted molar refractivity (Wildman–Crippen MR) is 50.7 cm³/mol. The molecule has 1 spiro atoms. The van der Waals surface area contributed by atoms with Crippen LogP contribution in [-0.2, 0) is 0 Å². The fourth-order valence-electron chi connectivity index (χ4n) is 3.10. The third-order valence-corrected chi connectivity index (χ3v) is 3.83. The Morgan fingerprint density at radius 2 is 0.833 bits per heavy atom. The molecule has 2 aliphatic rings. The van der Waals surface area contributed by atoms with Gasteiger partial charge in [-0.25, -0.2) is 0 Å². The molecule has 0 amide bonds. The van der Waals surface area contributed by atoms with Gasteiger partial charge >= 0.3 is 0 Å². The SMILES string of the molecule is C1CCC2(CC1)CCCCC2.[N]. The minimum Gasteiger partial charge on any atom is -0.0533 e. The van der Waals surface area contributed by atoms with E-state index in [1.54, 1.807) is 25.7 Å². The molecule has 0 N–H and O–H groups in total. The highest BCUT2D eigenvalue weighted by Gasteiger charge is 2.32. The fourth-order valence-corrected chi connectivity index (χ4v) is 3.10. The third-order valence-electron chi connectivity index (χ3n) is 3.83. The Morgan fingerprint density at radius 3 is 1.17 bits per heavy atom. The van der Waals surface area contributed by atoms with E-state index >= 15 is 0 Å². The standard InChI is InChI=1S/C11H20.N/c1-3-7-11(8-4-1)9-5-2-6-10-11;/h1-10H2;. The van der Waals surface area contributed by atoms with Crippen molar-refractivity contribution in [3.05, 3.63) is 0 Å². The van der Waals surface area contributed by atoms with E-state index in [0.717, 1.165) is 5.41 Å². The molecule has 2 aliphatic carbocycles. The molecular weight excluding hydrogens is 146 g/mol. The molecule has 2 fully saturated rings. The Kier molecular flexibility index (Phi) is 3.57. The maximum absolute atomic E-state index is 1.56. The maximum Gasteiger partial charge on any atom is 0 e. The summed E-state index contributed by atoms with van der Waals surface area (Å²) in [4.78, 5) is 0. The van der Waals surface area contributed by atoms with Crippen molar-refractivity contribution in [1.82, 2.24) is 6.15 Å². The van der Waals surface area contributed by atoms with Crippen molar-refractivity contribution >= 4 is 0 Å². The lowest BCUT2D eigenvalue weighted by Crippen LogP contribution is -2.26. The highest BCUT2D eigenvalue weighted by molar-refractivity contribution is 4.85. The van der Waals surface area contributed by atoms with Crippen LogP contribution in [0.1, 0.15) is 64.2 Å². The molecule has 0 aromatic heterocycles. The van der Waals surface area contributed by atoms with Gasteiger partial charge in [-0.2, -0.15) is 0 Å². The third kappa shape index (κ3) is 2.01. The summed E-state index contributed by atoms with van der Waals surface area (Å²) >= 11 is 0. The van der Waals surface area contributed by atoms with Crippen LogP contribution in [-0.4, -0.2) is 0 Å². The lowest BCUT2D eigenvalue weighted by molar-refractivity contribution is 0.124. The first-order valence-electron chi connectivity index (χ1n) is 5.41. The first-order chi connectivity index (χ1) is 5.41. The molecule has 1 heteroatoms. The number of rotatable bonds is 0. The lowest BCUT2D eigenvalue weighted by atomic mass is 9.65. The van der Waals surface area contributed by atoms with Crippen LogP contribution in [0.15, 0.2) is 0 Å². The normalized spacial score (nSPS) is 28.0. The van der Waals surface area contributed by atoms with E-state index in [2.05, 4.69) is 0 Å². The van der Waals surface area contributed by atoms with E-state index in [9.17, 15) is 0 Å². The van der Waals surface area contributed by atoms with E-state index in [1.807, 2.05) is 0 Å². The van der Waals surface area contributed by atoms with Crippen LogP contribution in [0.4, 0.5) is 0 Å². The number of hydrogen-bond acceptors (Lipinski definition) is 0. The zero-order valence-electron chi connectivity index (χ0n) is 8.02. The van der Waals surface area contributed by atoms with Crippen molar-refractivity contribution in [2.45, 2.75) is 64.2 Å². The van der Waals surface area contributed by atoms with Crippen LogP contribution in [0.25, 0.3) is 0 Å². The topological polar surface area (TPSA) is 30.5 Å².